The van der Waals surface area contributed by atoms with Crippen molar-refractivity contribution in [1.29, 1.82) is 0 Å². The fourth-order valence-electron chi connectivity index (χ4n) is 3.00. The highest BCUT2D eigenvalue weighted by atomic mass is 28.3. The predicted octanol–water partition coefficient (Wildman–Crippen LogP) is 5.31. The van der Waals surface area contributed by atoms with Gasteiger partial charge in [-0.1, -0.05) is 70.3 Å². The summed E-state index contributed by atoms with van der Waals surface area (Å²) in [6.07, 6.45) is 1.82. The molecule has 1 N–H and O–H groups in total. The summed E-state index contributed by atoms with van der Waals surface area (Å²) in [6.45, 7) is 11.4. The molecule has 0 fully saturated rings. The number of aliphatic hydroxyl groups excluding tert-OH is 1. The molecule has 2 aromatic carbocycles. The molecule has 24 heavy (non-hydrogen) atoms. The molecule has 0 spiro atoms. The Morgan fingerprint density at radius 2 is 1.67 bits per heavy atom. The number of rotatable bonds is 3. The highest BCUT2D eigenvalue weighted by Gasteiger charge is 2.42. The molecule has 0 aliphatic carbocycles. The Morgan fingerprint density at radius 1 is 1.00 bits per heavy atom. The molecular formula is C21H26O2Si. The number of hydrogen-bond donors (Lipinski definition) is 1. The van der Waals surface area contributed by atoms with E-state index < -0.39 is 8.07 Å². The lowest BCUT2D eigenvalue weighted by molar-refractivity contribution is 0.282. The SMILES string of the molecule is CC(C)(C)[Si](C)(C)c1occ(-c2ccc3ccccc3c2)c1CO. The topological polar surface area (TPSA) is 33.4 Å². The molecule has 1 aromatic heterocycles. The first-order valence-electron chi connectivity index (χ1n) is 8.46. The molecule has 0 atom stereocenters. The summed E-state index contributed by atoms with van der Waals surface area (Å²) in [5.74, 6) is 0. The minimum atomic E-state index is -1.84. The fraction of sp³-hybridized carbons (Fsp3) is 0.333. The van der Waals surface area contributed by atoms with E-state index in [0.29, 0.717) is 0 Å². The predicted molar refractivity (Wildman–Crippen MR) is 104 cm³/mol. The summed E-state index contributed by atoms with van der Waals surface area (Å²) in [5.41, 5.74) is 3.08. The van der Waals surface area contributed by atoms with E-state index in [2.05, 4.69) is 76.3 Å². The van der Waals surface area contributed by atoms with Crippen LogP contribution in [0, 0.1) is 0 Å². The Labute approximate surface area is 145 Å². The molecule has 2 nitrogen and oxygen atoms in total. The quantitative estimate of drug-likeness (QED) is 0.657. The Bertz CT molecular complexity index is 869. The van der Waals surface area contributed by atoms with Gasteiger partial charge in [-0.05, 0) is 27.4 Å². The van der Waals surface area contributed by atoms with E-state index >= 15 is 0 Å². The van der Waals surface area contributed by atoms with Gasteiger partial charge in [-0.3, -0.25) is 0 Å². The lowest BCUT2D eigenvalue weighted by Crippen LogP contribution is -2.50. The number of fused-ring (bicyclic) bond motifs is 1. The molecule has 0 amide bonds. The minimum absolute atomic E-state index is 0.0144. The highest BCUT2D eigenvalue weighted by molar-refractivity contribution is 6.91. The van der Waals surface area contributed by atoms with Crippen LogP contribution in [0.1, 0.15) is 26.3 Å². The molecule has 0 radical (unpaired) electrons. The van der Waals surface area contributed by atoms with E-state index in [1.165, 1.54) is 10.8 Å². The summed E-state index contributed by atoms with van der Waals surface area (Å²) in [7, 11) is -1.84. The van der Waals surface area contributed by atoms with Crippen molar-refractivity contribution in [3.05, 3.63) is 54.3 Å². The first-order chi connectivity index (χ1) is 11.3. The number of benzene rings is 2. The summed E-state index contributed by atoms with van der Waals surface area (Å²) in [4.78, 5) is 0. The molecule has 0 bridgehead atoms. The van der Waals surface area contributed by atoms with Gasteiger partial charge in [0, 0.05) is 11.1 Å². The van der Waals surface area contributed by atoms with Crippen molar-refractivity contribution in [3.8, 4) is 11.1 Å². The molecule has 0 aliphatic rings. The maximum Gasteiger partial charge on any atom is 0.132 e. The lowest BCUT2D eigenvalue weighted by Gasteiger charge is -2.35. The maximum absolute atomic E-state index is 10.1. The largest absolute Gasteiger partial charge is 0.473 e. The average Bonchev–Trinajstić information content (AvgIpc) is 2.98. The van der Waals surface area contributed by atoms with Gasteiger partial charge in [0.15, 0.2) is 0 Å². The third kappa shape index (κ3) is 2.72. The average molecular weight is 339 g/mol. The van der Waals surface area contributed by atoms with Crippen LogP contribution in [-0.2, 0) is 6.61 Å². The molecule has 3 rings (SSSR count). The van der Waals surface area contributed by atoms with Crippen molar-refractivity contribution in [2.24, 2.45) is 0 Å². The Morgan fingerprint density at radius 3 is 2.29 bits per heavy atom. The van der Waals surface area contributed by atoms with Crippen LogP contribution in [0.5, 0.6) is 0 Å². The van der Waals surface area contributed by atoms with E-state index in [1.807, 2.05) is 6.26 Å². The second kappa shape index (κ2) is 5.90. The summed E-state index contributed by atoms with van der Waals surface area (Å²) in [6, 6.07) is 14.8. The molecule has 0 saturated heterocycles. The van der Waals surface area contributed by atoms with E-state index in [4.69, 9.17) is 4.42 Å². The van der Waals surface area contributed by atoms with Crippen molar-refractivity contribution in [1.82, 2.24) is 0 Å². The third-order valence-corrected chi connectivity index (χ3v) is 10.9. The highest BCUT2D eigenvalue weighted by Crippen LogP contribution is 2.38. The maximum atomic E-state index is 10.1. The fourth-order valence-corrected chi connectivity index (χ4v) is 5.01. The second-order valence-electron chi connectivity index (χ2n) is 8.05. The van der Waals surface area contributed by atoms with Gasteiger partial charge < -0.3 is 9.52 Å². The zero-order valence-corrected chi connectivity index (χ0v) is 16.2. The first-order valence-corrected chi connectivity index (χ1v) is 11.5. The molecule has 0 aliphatic heterocycles. The normalized spacial score (nSPS) is 12.8. The van der Waals surface area contributed by atoms with Crippen LogP contribution < -0.4 is 5.38 Å². The van der Waals surface area contributed by atoms with Gasteiger partial charge in [0.1, 0.15) is 8.07 Å². The van der Waals surface area contributed by atoms with Gasteiger partial charge >= 0.3 is 0 Å². The number of aliphatic hydroxyl groups is 1. The molecule has 126 valence electrons. The molecule has 0 saturated carbocycles. The van der Waals surface area contributed by atoms with Crippen LogP contribution in [0.3, 0.4) is 0 Å². The van der Waals surface area contributed by atoms with Crippen LogP contribution in [0.2, 0.25) is 18.1 Å². The van der Waals surface area contributed by atoms with E-state index in [0.717, 1.165) is 22.1 Å². The van der Waals surface area contributed by atoms with Crippen LogP contribution in [0.25, 0.3) is 21.9 Å². The van der Waals surface area contributed by atoms with Gasteiger partial charge in [-0.15, -0.1) is 0 Å². The minimum Gasteiger partial charge on any atom is -0.473 e. The van der Waals surface area contributed by atoms with Crippen molar-refractivity contribution < 1.29 is 9.52 Å². The summed E-state index contributed by atoms with van der Waals surface area (Å²) < 4.78 is 6.05. The summed E-state index contributed by atoms with van der Waals surface area (Å²) >= 11 is 0. The Kier molecular flexibility index (Phi) is 4.18. The Balaban J connectivity index is 2.15. The monoisotopic (exact) mass is 338 g/mol. The van der Waals surface area contributed by atoms with Gasteiger partial charge in [0.25, 0.3) is 0 Å². The molecule has 0 unspecified atom stereocenters. The number of hydrogen-bond acceptors (Lipinski definition) is 2. The molecule has 3 heteroatoms. The molecular weight excluding hydrogens is 312 g/mol. The zero-order valence-electron chi connectivity index (χ0n) is 15.2. The van der Waals surface area contributed by atoms with Crippen molar-refractivity contribution >= 4 is 24.2 Å². The van der Waals surface area contributed by atoms with E-state index in [9.17, 15) is 5.11 Å². The van der Waals surface area contributed by atoms with Gasteiger partial charge in [0.2, 0.25) is 0 Å². The summed E-state index contributed by atoms with van der Waals surface area (Å²) in [5, 5.41) is 13.7. The lowest BCUT2D eigenvalue weighted by atomic mass is 10.0. The molecule has 3 aromatic rings. The van der Waals surface area contributed by atoms with Crippen molar-refractivity contribution in [3.63, 3.8) is 0 Å². The van der Waals surface area contributed by atoms with Crippen LogP contribution in [-0.4, -0.2) is 13.2 Å². The third-order valence-electron chi connectivity index (χ3n) is 5.56. The smallest absolute Gasteiger partial charge is 0.132 e. The standard InChI is InChI=1S/C21H26O2Si/c1-21(2,3)24(4,5)20-18(13-22)19(14-23-20)17-11-10-15-8-6-7-9-16(15)12-17/h6-12,14,22H,13H2,1-5H3. The van der Waals surface area contributed by atoms with Crippen LogP contribution in [0.15, 0.2) is 53.1 Å². The van der Waals surface area contributed by atoms with Gasteiger partial charge in [-0.2, -0.15) is 0 Å². The van der Waals surface area contributed by atoms with Crippen molar-refractivity contribution in [2.75, 3.05) is 0 Å². The van der Waals surface area contributed by atoms with Gasteiger partial charge in [-0.25, -0.2) is 0 Å². The van der Waals surface area contributed by atoms with Gasteiger partial charge in [0.05, 0.1) is 18.3 Å². The van der Waals surface area contributed by atoms with E-state index in [-0.39, 0.29) is 11.6 Å². The van der Waals surface area contributed by atoms with Crippen LogP contribution in [0.4, 0.5) is 0 Å². The Hall–Kier alpha value is -1.84. The first kappa shape index (κ1) is 17.0. The van der Waals surface area contributed by atoms with Crippen molar-refractivity contribution in [2.45, 2.75) is 45.5 Å². The molecule has 1 heterocycles. The second-order valence-corrected chi connectivity index (χ2v) is 13.3. The zero-order chi connectivity index (χ0) is 17.5. The number of furan rings is 1. The van der Waals surface area contributed by atoms with E-state index in [1.54, 1.807) is 0 Å². The van der Waals surface area contributed by atoms with Crippen LogP contribution >= 0.6 is 0 Å².